The third-order valence-electron chi connectivity index (χ3n) is 1.99. The Kier molecular flexibility index (Phi) is 6.30. The van der Waals surface area contributed by atoms with Gasteiger partial charge in [0, 0.05) is 13.2 Å². The van der Waals surface area contributed by atoms with Crippen molar-refractivity contribution in [2.45, 2.75) is 25.4 Å². The first-order valence-corrected chi connectivity index (χ1v) is 4.95. The molecule has 0 aromatic carbocycles. The van der Waals surface area contributed by atoms with E-state index in [-0.39, 0.29) is 6.10 Å². The van der Waals surface area contributed by atoms with Crippen LogP contribution in [-0.4, -0.2) is 38.9 Å². The molecule has 0 aromatic heterocycles. The van der Waals surface area contributed by atoms with Crippen molar-refractivity contribution < 1.29 is 19.1 Å². The van der Waals surface area contributed by atoms with E-state index in [1.165, 1.54) is 0 Å². The minimum Gasteiger partial charge on any atom is -0.468 e. The summed E-state index contributed by atoms with van der Waals surface area (Å²) in [6, 6.07) is 0. The van der Waals surface area contributed by atoms with Crippen LogP contribution in [0.25, 0.3) is 0 Å². The Morgan fingerprint density at radius 1 is 1.43 bits per heavy atom. The van der Waals surface area contributed by atoms with Crippen LogP contribution in [0.3, 0.4) is 0 Å². The maximum atomic E-state index is 9.79. The number of nitrogens with one attached hydrogen (secondary N) is 1. The quantitative estimate of drug-likeness (QED) is 0.452. The second kappa shape index (κ2) is 7.73. The number of hydrogen-bond acceptors (Lipinski definition) is 5. The molecule has 1 fully saturated rings. The summed E-state index contributed by atoms with van der Waals surface area (Å²) in [5.74, 6) is 0. The van der Waals surface area contributed by atoms with Crippen molar-refractivity contribution in [3.05, 3.63) is 0 Å². The van der Waals surface area contributed by atoms with E-state index in [0.717, 1.165) is 25.8 Å². The summed E-state index contributed by atoms with van der Waals surface area (Å²) >= 11 is 0. The molecule has 5 nitrogen and oxygen atoms in total. The van der Waals surface area contributed by atoms with Crippen molar-refractivity contribution in [3.63, 3.8) is 0 Å². The van der Waals surface area contributed by atoms with Gasteiger partial charge in [-0.15, -0.1) is 0 Å². The van der Waals surface area contributed by atoms with Crippen LogP contribution in [0.1, 0.15) is 19.3 Å². The number of ether oxygens (including phenoxy) is 2. The van der Waals surface area contributed by atoms with E-state index in [2.05, 4.69) is 10.2 Å². The van der Waals surface area contributed by atoms with Gasteiger partial charge in [-0.3, -0.25) is 9.63 Å². The molecule has 82 valence electrons. The molecule has 0 aromatic rings. The predicted molar refractivity (Wildman–Crippen MR) is 49.6 cm³/mol. The van der Waals surface area contributed by atoms with E-state index in [4.69, 9.17) is 9.57 Å². The fraction of sp³-hybridized carbons (Fsp3) is 0.889. The molecule has 1 N–H and O–H groups in total. The molecule has 1 rings (SSSR count). The largest absolute Gasteiger partial charge is 0.468 e. The Hall–Kier alpha value is -0.650. The Morgan fingerprint density at radius 2 is 2.29 bits per heavy atom. The van der Waals surface area contributed by atoms with Crippen LogP contribution in [0.4, 0.5) is 0 Å². The molecule has 1 atom stereocenters. The molecule has 0 bridgehead atoms. The molecule has 0 aliphatic carbocycles. The highest BCUT2D eigenvalue weighted by Gasteiger charge is 2.14. The molecular formula is C9H17NO4. The average Bonchev–Trinajstić information content (AvgIpc) is 2.69. The zero-order chi connectivity index (χ0) is 10.1. The maximum Gasteiger partial charge on any atom is 0.293 e. The maximum absolute atomic E-state index is 9.79. The molecule has 1 saturated heterocycles. The smallest absolute Gasteiger partial charge is 0.293 e. The number of carbonyl (C=O) groups is 1. The second-order valence-electron chi connectivity index (χ2n) is 3.17. The molecule has 14 heavy (non-hydrogen) atoms. The molecule has 1 aliphatic heterocycles. The van der Waals surface area contributed by atoms with Gasteiger partial charge in [-0.05, 0) is 19.3 Å². The number of unbranched alkanes of at least 4 members (excludes halogenated alkanes) is 1. The Morgan fingerprint density at radius 3 is 3.00 bits per heavy atom. The van der Waals surface area contributed by atoms with Gasteiger partial charge < -0.3 is 9.47 Å². The lowest BCUT2D eigenvalue weighted by molar-refractivity contribution is -0.128. The highest BCUT2D eigenvalue weighted by Crippen LogP contribution is 2.03. The molecule has 5 heteroatoms. The van der Waals surface area contributed by atoms with E-state index in [1.54, 1.807) is 0 Å². The van der Waals surface area contributed by atoms with Crippen LogP contribution < -0.4 is 5.48 Å². The third-order valence-corrected chi connectivity index (χ3v) is 1.99. The highest BCUT2D eigenvalue weighted by atomic mass is 16.7. The Bertz CT molecular complexity index is 148. The topological polar surface area (TPSA) is 56.8 Å². The van der Waals surface area contributed by atoms with Crippen molar-refractivity contribution in [1.29, 1.82) is 0 Å². The number of hydrogen-bond donors (Lipinski definition) is 1. The number of hydroxylamine groups is 1. The van der Waals surface area contributed by atoms with Gasteiger partial charge >= 0.3 is 0 Å². The van der Waals surface area contributed by atoms with Crippen LogP contribution in [0.15, 0.2) is 0 Å². The fourth-order valence-corrected chi connectivity index (χ4v) is 1.23. The molecule has 1 aliphatic rings. The molecule has 1 heterocycles. The summed E-state index contributed by atoms with van der Waals surface area (Å²) < 4.78 is 9.93. The molecule has 1 unspecified atom stereocenters. The predicted octanol–water partition coefficient (Wildman–Crippen LogP) is 0.250. The second-order valence-corrected chi connectivity index (χ2v) is 3.17. The first-order valence-electron chi connectivity index (χ1n) is 4.95. The lowest BCUT2D eigenvalue weighted by Crippen LogP contribution is -2.17. The lowest BCUT2D eigenvalue weighted by atomic mass is 10.3. The van der Waals surface area contributed by atoms with Crippen LogP contribution in [0, 0.1) is 0 Å². The first kappa shape index (κ1) is 11.4. The lowest BCUT2D eigenvalue weighted by Gasteiger charge is -2.08. The summed E-state index contributed by atoms with van der Waals surface area (Å²) in [6.45, 7) is 3.19. The number of rotatable bonds is 8. The molecule has 0 spiro atoms. The van der Waals surface area contributed by atoms with Gasteiger partial charge in [0.1, 0.15) is 6.10 Å². The van der Waals surface area contributed by atoms with E-state index in [0.29, 0.717) is 26.3 Å². The van der Waals surface area contributed by atoms with Gasteiger partial charge in [-0.25, -0.2) is 5.48 Å². The SMILES string of the molecule is O=COCCCCOCC1CCNO1. The molecular weight excluding hydrogens is 186 g/mol. The normalized spacial score (nSPS) is 21.0. The zero-order valence-corrected chi connectivity index (χ0v) is 8.24. The fourth-order valence-electron chi connectivity index (χ4n) is 1.23. The van der Waals surface area contributed by atoms with Crippen molar-refractivity contribution in [2.75, 3.05) is 26.4 Å². The molecule has 0 saturated carbocycles. The van der Waals surface area contributed by atoms with Crippen LogP contribution in [0.2, 0.25) is 0 Å². The Balaban J connectivity index is 1.77. The summed E-state index contributed by atoms with van der Waals surface area (Å²) in [5.41, 5.74) is 2.80. The number of carbonyl (C=O) groups excluding carboxylic acids is 1. The van der Waals surface area contributed by atoms with E-state index in [1.807, 2.05) is 0 Å². The van der Waals surface area contributed by atoms with Gasteiger partial charge in [0.2, 0.25) is 0 Å². The van der Waals surface area contributed by atoms with Crippen LogP contribution >= 0.6 is 0 Å². The van der Waals surface area contributed by atoms with Crippen LogP contribution in [0.5, 0.6) is 0 Å². The Labute approximate surface area is 83.7 Å². The van der Waals surface area contributed by atoms with Crippen LogP contribution in [-0.2, 0) is 19.1 Å². The summed E-state index contributed by atoms with van der Waals surface area (Å²) in [4.78, 5) is 14.9. The van der Waals surface area contributed by atoms with Crippen molar-refractivity contribution in [1.82, 2.24) is 5.48 Å². The van der Waals surface area contributed by atoms with Gasteiger partial charge in [0.25, 0.3) is 6.47 Å². The molecule has 0 amide bonds. The minimum atomic E-state index is 0.196. The van der Waals surface area contributed by atoms with Crippen molar-refractivity contribution in [2.24, 2.45) is 0 Å². The summed E-state index contributed by atoms with van der Waals surface area (Å²) in [7, 11) is 0. The van der Waals surface area contributed by atoms with Gasteiger partial charge in [0.15, 0.2) is 0 Å². The summed E-state index contributed by atoms with van der Waals surface area (Å²) in [6.07, 6.45) is 2.96. The summed E-state index contributed by atoms with van der Waals surface area (Å²) in [5, 5.41) is 0. The standard InChI is InChI=1S/C9H17NO4/c11-8-13-6-2-1-5-12-7-9-3-4-10-14-9/h8-10H,1-7H2. The average molecular weight is 203 g/mol. The van der Waals surface area contributed by atoms with Gasteiger partial charge in [-0.1, -0.05) is 0 Å². The van der Waals surface area contributed by atoms with E-state index in [9.17, 15) is 4.79 Å². The zero-order valence-electron chi connectivity index (χ0n) is 8.24. The minimum absolute atomic E-state index is 0.196. The van der Waals surface area contributed by atoms with Gasteiger partial charge in [-0.2, -0.15) is 0 Å². The third kappa shape index (κ3) is 5.16. The monoisotopic (exact) mass is 203 g/mol. The van der Waals surface area contributed by atoms with Gasteiger partial charge in [0.05, 0.1) is 13.2 Å². The first-order chi connectivity index (χ1) is 6.93. The van der Waals surface area contributed by atoms with E-state index < -0.39 is 0 Å². The van der Waals surface area contributed by atoms with Crippen molar-refractivity contribution >= 4 is 6.47 Å². The van der Waals surface area contributed by atoms with E-state index >= 15 is 0 Å². The highest BCUT2D eigenvalue weighted by molar-refractivity contribution is 5.36. The van der Waals surface area contributed by atoms with Crippen molar-refractivity contribution in [3.8, 4) is 0 Å². The molecule has 0 radical (unpaired) electrons.